The minimum atomic E-state index is -0.139. The number of morpholine rings is 1. The summed E-state index contributed by atoms with van der Waals surface area (Å²) >= 11 is 0. The van der Waals surface area contributed by atoms with Crippen LogP contribution in [0.3, 0.4) is 0 Å². The smallest absolute Gasteiger partial charge is 0.234 e. The predicted octanol–water partition coefficient (Wildman–Crippen LogP) is 1.07. The highest BCUT2D eigenvalue weighted by Crippen LogP contribution is 2.13. The van der Waals surface area contributed by atoms with Crippen molar-refractivity contribution in [3.05, 3.63) is 35.8 Å². The van der Waals surface area contributed by atoms with Crippen molar-refractivity contribution in [1.29, 1.82) is 0 Å². The van der Waals surface area contributed by atoms with Crippen molar-refractivity contribution >= 4 is 5.91 Å². The van der Waals surface area contributed by atoms with Gasteiger partial charge in [-0.25, -0.2) is 9.67 Å². The van der Waals surface area contributed by atoms with Crippen LogP contribution >= 0.6 is 0 Å². The maximum Gasteiger partial charge on any atom is 0.234 e. The highest BCUT2D eigenvalue weighted by atomic mass is 16.5. The third-order valence-corrected chi connectivity index (χ3v) is 4.28. The van der Waals surface area contributed by atoms with Gasteiger partial charge in [-0.3, -0.25) is 9.69 Å². The van der Waals surface area contributed by atoms with Crippen LogP contribution in [0.5, 0.6) is 0 Å². The Hall–Kier alpha value is -2.19. The van der Waals surface area contributed by atoms with E-state index in [0.29, 0.717) is 26.2 Å². The average molecular weight is 347 g/mol. The molecule has 1 fully saturated rings. The largest absolute Gasteiger partial charge is 0.467 e. The fraction of sp³-hybridized carbons (Fsp3) is 0.588. The van der Waals surface area contributed by atoms with Gasteiger partial charge >= 0.3 is 0 Å². The van der Waals surface area contributed by atoms with Crippen molar-refractivity contribution in [2.75, 3.05) is 26.2 Å². The average Bonchev–Trinajstić information content (AvgIpc) is 3.18. The fourth-order valence-corrected chi connectivity index (χ4v) is 3.06. The zero-order valence-electron chi connectivity index (χ0n) is 14.9. The number of ether oxygens (including phenoxy) is 1. The molecule has 136 valence electrons. The molecule has 1 amide bonds. The molecule has 0 aliphatic carbocycles. The lowest BCUT2D eigenvalue weighted by Crippen LogP contribution is -2.48. The first kappa shape index (κ1) is 17.6. The van der Waals surface area contributed by atoms with Crippen LogP contribution in [0.4, 0.5) is 0 Å². The Labute approximate surface area is 147 Å². The van der Waals surface area contributed by atoms with Crippen molar-refractivity contribution in [1.82, 2.24) is 25.0 Å². The molecule has 25 heavy (non-hydrogen) atoms. The topological polar surface area (TPSA) is 85.4 Å². The van der Waals surface area contributed by atoms with Gasteiger partial charge < -0.3 is 14.5 Å². The number of carbonyl (C=O) groups is 1. The minimum Gasteiger partial charge on any atom is -0.467 e. The molecule has 8 heteroatoms. The minimum absolute atomic E-state index is 0.00356. The van der Waals surface area contributed by atoms with E-state index >= 15 is 0 Å². The monoisotopic (exact) mass is 347 g/mol. The Morgan fingerprint density at radius 1 is 1.48 bits per heavy atom. The van der Waals surface area contributed by atoms with E-state index in [1.165, 1.54) is 0 Å². The van der Waals surface area contributed by atoms with E-state index in [1.807, 2.05) is 37.6 Å². The number of nitrogens with one attached hydrogen (secondary N) is 1. The molecule has 1 aliphatic heterocycles. The first-order valence-corrected chi connectivity index (χ1v) is 8.56. The second-order valence-electron chi connectivity index (χ2n) is 6.42. The van der Waals surface area contributed by atoms with Crippen LogP contribution in [0.15, 0.2) is 22.8 Å². The maximum absolute atomic E-state index is 12.3. The second kappa shape index (κ2) is 7.79. The molecule has 0 bridgehead atoms. The van der Waals surface area contributed by atoms with Crippen LogP contribution in [-0.2, 0) is 16.1 Å². The Bertz CT molecular complexity index is 697. The summed E-state index contributed by atoms with van der Waals surface area (Å²) in [4.78, 5) is 18.7. The quantitative estimate of drug-likeness (QED) is 0.841. The molecule has 0 aromatic carbocycles. The van der Waals surface area contributed by atoms with Gasteiger partial charge in [0.1, 0.15) is 17.4 Å². The van der Waals surface area contributed by atoms with Gasteiger partial charge in [0.15, 0.2) is 0 Å². The van der Waals surface area contributed by atoms with Crippen LogP contribution in [0.1, 0.15) is 30.4 Å². The highest BCUT2D eigenvalue weighted by Gasteiger charge is 2.24. The number of carbonyl (C=O) groups excluding carboxylic acids is 1. The van der Waals surface area contributed by atoms with Crippen LogP contribution in [-0.4, -0.2) is 57.9 Å². The predicted molar refractivity (Wildman–Crippen MR) is 90.9 cm³/mol. The molecular weight excluding hydrogens is 322 g/mol. The van der Waals surface area contributed by atoms with Crippen LogP contribution in [0.2, 0.25) is 0 Å². The Morgan fingerprint density at radius 2 is 2.32 bits per heavy atom. The maximum atomic E-state index is 12.3. The number of aromatic nitrogens is 3. The summed E-state index contributed by atoms with van der Waals surface area (Å²) in [6.07, 6.45) is 1.61. The number of hydrogen-bond acceptors (Lipinski definition) is 6. The first-order chi connectivity index (χ1) is 12.0. The van der Waals surface area contributed by atoms with Crippen molar-refractivity contribution < 1.29 is 13.9 Å². The van der Waals surface area contributed by atoms with Crippen molar-refractivity contribution in [3.63, 3.8) is 0 Å². The molecule has 0 spiro atoms. The molecule has 2 aromatic rings. The van der Waals surface area contributed by atoms with E-state index in [0.717, 1.165) is 24.0 Å². The zero-order valence-corrected chi connectivity index (χ0v) is 14.9. The summed E-state index contributed by atoms with van der Waals surface area (Å²) in [6, 6.07) is 3.54. The summed E-state index contributed by atoms with van der Waals surface area (Å²) in [5, 5.41) is 7.34. The SMILES string of the molecule is Cc1nc(C)n(C[C@@H]2CN(CC(=O)N[C@H](C)c3ccco3)CCO2)n1. The van der Waals surface area contributed by atoms with Gasteiger partial charge in [0, 0.05) is 13.1 Å². The Balaban J connectivity index is 1.49. The van der Waals surface area contributed by atoms with E-state index in [-0.39, 0.29) is 18.1 Å². The van der Waals surface area contributed by atoms with Gasteiger partial charge in [0.05, 0.1) is 38.1 Å². The Kier molecular flexibility index (Phi) is 5.50. The van der Waals surface area contributed by atoms with Crippen molar-refractivity contribution in [2.45, 2.75) is 39.5 Å². The molecule has 3 rings (SSSR count). The second-order valence-corrected chi connectivity index (χ2v) is 6.42. The lowest BCUT2D eigenvalue weighted by Gasteiger charge is -2.32. The molecule has 1 N–H and O–H groups in total. The third-order valence-electron chi connectivity index (χ3n) is 4.28. The van der Waals surface area contributed by atoms with Gasteiger partial charge in [-0.1, -0.05) is 0 Å². The number of hydrogen-bond donors (Lipinski definition) is 1. The lowest BCUT2D eigenvalue weighted by molar-refractivity contribution is -0.125. The summed E-state index contributed by atoms with van der Waals surface area (Å²) in [7, 11) is 0. The summed E-state index contributed by atoms with van der Waals surface area (Å²) in [5.74, 6) is 2.38. The zero-order chi connectivity index (χ0) is 17.8. The molecule has 0 unspecified atom stereocenters. The molecule has 1 aliphatic rings. The van der Waals surface area contributed by atoms with Gasteiger partial charge in [0.25, 0.3) is 0 Å². The molecule has 1 saturated heterocycles. The van der Waals surface area contributed by atoms with Gasteiger partial charge in [0.2, 0.25) is 5.91 Å². The number of amides is 1. The molecule has 0 radical (unpaired) electrons. The number of aryl methyl sites for hydroxylation is 2. The number of rotatable bonds is 6. The van der Waals surface area contributed by atoms with Crippen LogP contribution < -0.4 is 5.32 Å². The number of furan rings is 1. The Morgan fingerprint density at radius 3 is 3.00 bits per heavy atom. The van der Waals surface area contributed by atoms with Gasteiger partial charge in [-0.15, -0.1) is 0 Å². The first-order valence-electron chi connectivity index (χ1n) is 8.56. The third kappa shape index (κ3) is 4.67. The molecule has 0 saturated carbocycles. The van der Waals surface area contributed by atoms with Crippen LogP contribution in [0.25, 0.3) is 0 Å². The van der Waals surface area contributed by atoms with Crippen molar-refractivity contribution in [3.8, 4) is 0 Å². The fourth-order valence-electron chi connectivity index (χ4n) is 3.06. The van der Waals surface area contributed by atoms with Crippen LogP contribution in [0, 0.1) is 13.8 Å². The van der Waals surface area contributed by atoms with E-state index in [9.17, 15) is 4.79 Å². The van der Waals surface area contributed by atoms with Crippen molar-refractivity contribution in [2.24, 2.45) is 0 Å². The van der Waals surface area contributed by atoms with Gasteiger partial charge in [-0.05, 0) is 32.9 Å². The normalized spacial score (nSPS) is 19.7. The standard InChI is InChI=1S/C17H25N5O3/c1-12(16-5-4-7-25-16)18-17(23)11-21-6-8-24-15(9-21)10-22-14(3)19-13(2)20-22/h4-5,7,12,15H,6,8-11H2,1-3H3,(H,18,23)/t12-,15+/m1/s1. The van der Waals surface area contributed by atoms with E-state index in [4.69, 9.17) is 9.15 Å². The highest BCUT2D eigenvalue weighted by molar-refractivity contribution is 5.78. The lowest BCUT2D eigenvalue weighted by atomic mass is 10.2. The molecule has 8 nitrogen and oxygen atoms in total. The van der Waals surface area contributed by atoms with E-state index < -0.39 is 0 Å². The van der Waals surface area contributed by atoms with E-state index in [2.05, 4.69) is 20.3 Å². The van der Waals surface area contributed by atoms with E-state index in [1.54, 1.807) is 6.26 Å². The summed E-state index contributed by atoms with van der Waals surface area (Å²) < 4.78 is 13.0. The molecule has 2 atom stereocenters. The molecule has 2 aromatic heterocycles. The molecule has 3 heterocycles. The number of nitrogens with zero attached hydrogens (tertiary/aromatic N) is 4. The molecular formula is C17H25N5O3. The summed E-state index contributed by atoms with van der Waals surface area (Å²) in [5.41, 5.74) is 0. The summed E-state index contributed by atoms with van der Waals surface area (Å²) in [6.45, 7) is 8.77. The van der Waals surface area contributed by atoms with Gasteiger partial charge in [-0.2, -0.15) is 5.10 Å².